The Labute approximate surface area is 212 Å². The van der Waals surface area contributed by atoms with Gasteiger partial charge in [-0.2, -0.15) is 5.26 Å². The molecule has 0 saturated carbocycles. The van der Waals surface area contributed by atoms with E-state index in [2.05, 4.69) is 26.2 Å². The summed E-state index contributed by atoms with van der Waals surface area (Å²) in [7, 11) is 3.28. The second kappa shape index (κ2) is 13.2. The van der Waals surface area contributed by atoms with Gasteiger partial charge in [-0.25, -0.2) is 9.38 Å². The van der Waals surface area contributed by atoms with Crippen LogP contribution >= 0.6 is 24.0 Å². The number of piperazine rings is 1. The summed E-state index contributed by atoms with van der Waals surface area (Å²) in [5, 5.41) is 12.4. The molecule has 7 nitrogen and oxygen atoms in total. The molecule has 0 radical (unpaired) electrons. The average Bonchev–Trinajstić information content (AvgIpc) is 2.83. The first-order valence-electron chi connectivity index (χ1n) is 10.7. The van der Waals surface area contributed by atoms with Crippen molar-refractivity contribution in [3.05, 3.63) is 58.9 Å². The van der Waals surface area contributed by atoms with Crippen molar-refractivity contribution in [1.82, 2.24) is 15.1 Å². The normalized spacial score (nSPS) is 14.3. The lowest BCUT2D eigenvalue weighted by Crippen LogP contribution is -2.52. The van der Waals surface area contributed by atoms with E-state index in [0.29, 0.717) is 11.1 Å². The largest absolute Gasteiger partial charge is 0.493 e. The van der Waals surface area contributed by atoms with Gasteiger partial charge in [0.05, 0.1) is 32.4 Å². The molecule has 9 heteroatoms. The highest BCUT2D eigenvalue weighted by atomic mass is 127. The van der Waals surface area contributed by atoms with E-state index in [-0.39, 0.29) is 36.3 Å². The monoisotopic (exact) mass is 567 g/mol. The zero-order valence-electron chi connectivity index (χ0n) is 19.3. The van der Waals surface area contributed by atoms with Crippen molar-refractivity contribution in [2.45, 2.75) is 20.0 Å². The highest BCUT2D eigenvalue weighted by Crippen LogP contribution is 2.28. The Balaban J connectivity index is 0.00000385. The van der Waals surface area contributed by atoms with Gasteiger partial charge in [-0.15, -0.1) is 24.0 Å². The van der Waals surface area contributed by atoms with Gasteiger partial charge in [-0.3, -0.25) is 4.90 Å². The molecular weight excluding hydrogens is 536 g/mol. The molecule has 1 aliphatic heterocycles. The Hall–Kier alpha value is -2.58. The highest BCUT2D eigenvalue weighted by Gasteiger charge is 2.20. The molecule has 0 amide bonds. The third-order valence-corrected chi connectivity index (χ3v) is 5.43. The van der Waals surface area contributed by atoms with Crippen LogP contribution in [-0.4, -0.2) is 62.7 Å². The maximum absolute atomic E-state index is 14.1. The maximum Gasteiger partial charge on any atom is 0.194 e. The molecule has 0 unspecified atom stereocenters. The van der Waals surface area contributed by atoms with Gasteiger partial charge in [-0.05, 0) is 42.8 Å². The number of rotatable bonds is 7. The predicted octanol–water partition coefficient (Wildman–Crippen LogP) is 3.62. The van der Waals surface area contributed by atoms with E-state index in [1.165, 1.54) is 17.7 Å². The number of methoxy groups -OCH3 is 2. The van der Waals surface area contributed by atoms with Crippen molar-refractivity contribution in [2.75, 3.05) is 46.9 Å². The second-order valence-electron chi connectivity index (χ2n) is 7.54. The van der Waals surface area contributed by atoms with Crippen LogP contribution in [0.1, 0.15) is 23.6 Å². The quantitative estimate of drug-likeness (QED) is 0.313. The lowest BCUT2D eigenvalue weighted by molar-refractivity contribution is 0.172. The van der Waals surface area contributed by atoms with Crippen molar-refractivity contribution in [1.29, 1.82) is 5.26 Å². The fourth-order valence-electron chi connectivity index (χ4n) is 3.71. The van der Waals surface area contributed by atoms with Gasteiger partial charge in [0.1, 0.15) is 5.82 Å². The van der Waals surface area contributed by atoms with Crippen molar-refractivity contribution in [3.63, 3.8) is 0 Å². The minimum atomic E-state index is -0.344. The Morgan fingerprint density at radius 1 is 1.09 bits per heavy atom. The van der Waals surface area contributed by atoms with Gasteiger partial charge >= 0.3 is 0 Å². The Morgan fingerprint density at radius 2 is 1.82 bits per heavy atom. The number of nitrogens with zero attached hydrogens (tertiary/aromatic N) is 4. The fraction of sp³-hybridized carbons (Fsp3) is 0.417. The van der Waals surface area contributed by atoms with Crippen LogP contribution in [0.15, 0.2) is 41.4 Å². The van der Waals surface area contributed by atoms with Gasteiger partial charge in [0, 0.05) is 44.8 Å². The van der Waals surface area contributed by atoms with Crippen LogP contribution in [0.3, 0.4) is 0 Å². The van der Waals surface area contributed by atoms with E-state index in [1.807, 2.05) is 25.1 Å². The van der Waals surface area contributed by atoms with E-state index in [0.717, 1.165) is 56.7 Å². The van der Waals surface area contributed by atoms with Gasteiger partial charge in [0.15, 0.2) is 17.5 Å². The van der Waals surface area contributed by atoms with Crippen molar-refractivity contribution < 1.29 is 13.9 Å². The van der Waals surface area contributed by atoms with E-state index >= 15 is 0 Å². The Bertz CT molecular complexity index is 987. The number of benzene rings is 2. The summed E-state index contributed by atoms with van der Waals surface area (Å²) in [6.45, 7) is 7.17. The zero-order chi connectivity index (χ0) is 22.9. The molecule has 0 bridgehead atoms. The van der Waals surface area contributed by atoms with Crippen molar-refractivity contribution in [2.24, 2.45) is 4.99 Å². The van der Waals surface area contributed by atoms with Gasteiger partial charge in [0.2, 0.25) is 0 Å². The number of hydrogen-bond acceptors (Lipinski definition) is 5. The van der Waals surface area contributed by atoms with Gasteiger partial charge < -0.3 is 19.7 Å². The average molecular weight is 567 g/mol. The molecule has 0 aliphatic carbocycles. The number of nitriles is 1. The molecule has 2 aromatic carbocycles. The van der Waals surface area contributed by atoms with Crippen LogP contribution in [-0.2, 0) is 13.1 Å². The first-order valence-corrected chi connectivity index (χ1v) is 10.7. The molecule has 0 spiro atoms. The SMILES string of the molecule is CCNC(=NCc1cc(C#N)ccc1F)N1CCN(Cc2ccc(OC)c(OC)c2)CC1.I. The molecule has 1 heterocycles. The Morgan fingerprint density at radius 3 is 2.45 bits per heavy atom. The summed E-state index contributed by atoms with van der Waals surface area (Å²) < 4.78 is 24.8. The van der Waals surface area contributed by atoms with Crippen LogP contribution in [0.5, 0.6) is 11.5 Å². The minimum Gasteiger partial charge on any atom is -0.493 e. The summed E-state index contributed by atoms with van der Waals surface area (Å²) in [6.07, 6.45) is 0. The standard InChI is InChI=1S/C24H30FN5O2.HI/c1-4-27-24(28-16-20-13-18(15-26)5-7-21(20)25)30-11-9-29(10-12-30)17-19-6-8-22(31-2)23(14-19)32-3;/h5-8,13-14H,4,9-12,16-17H2,1-3H3,(H,27,28);1H. The third-order valence-electron chi connectivity index (χ3n) is 5.43. The van der Waals surface area contributed by atoms with Crippen molar-refractivity contribution >= 4 is 29.9 Å². The first kappa shape index (κ1) is 26.7. The summed E-state index contributed by atoms with van der Waals surface area (Å²) in [6, 6.07) is 12.4. The highest BCUT2D eigenvalue weighted by molar-refractivity contribution is 14.0. The smallest absolute Gasteiger partial charge is 0.194 e. The third kappa shape index (κ3) is 7.20. The molecule has 2 aromatic rings. The maximum atomic E-state index is 14.1. The van der Waals surface area contributed by atoms with E-state index in [9.17, 15) is 4.39 Å². The van der Waals surface area contributed by atoms with Crippen LogP contribution in [0.2, 0.25) is 0 Å². The molecule has 178 valence electrons. The van der Waals surface area contributed by atoms with Gasteiger partial charge in [0.25, 0.3) is 0 Å². The predicted molar refractivity (Wildman–Crippen MR) is 138 cm³/mol. The molecule has 1 saturated heterocycles. The van der Waals surface area contributed by atoms with E-state index in [1.54, 1.807) is 20.3 Å². The summed E-state index contributed by atoms with van der Waals surface area (Å²) >= 11 is 0. The topological polar surface area (TPSA) is 73.1 Å². The first-order chi connectivity index (χ1) is 15.6. The van der Waals surface area contributed by atoms with Crippen LogP contribution in [0.4, 0.5) is 4.39 Å². The summed E-state index contributed by atoms with van der Waals surface area (Å²) in [5.74, 6) is 1.88. The lowest BCUT2D eigenvalue weighted by Gasteiger charge is -2.36. The lowest BCUT2D eigenvalue weighted by atomic mass is 10.1. The van der Waals surface area contributed by atoms with Crippen LogP contribution in [0.25, 0.3) is 0 Å². The molecule has 1 fully saturated rings. The molecular formula is C24H31FIN5O2. The van der Waals surface area contributed by atoms with Crippen LogP contribution in [0, 0.1) is 17.1 Å². The number of halogens is 2. The molecule has 1 aliphatic rings. The molecule has 1 N–H and O–H groups in total. The van der Waals surface area contributed by atoms with Crippen molar-refractivity contribution in [3.8, 4) is 17.6 Å². The summed E-state index contributed by atoms with van der Waals surface area (Å²) in [4.78, 5) is 9.21. The Kier molecular flexibility index (Phi) is 10.7. The van der Waals surface area contributed by atoms with Crippen LogP contribution < -0.4 is 14.8 Å². The van der Waals surface area contributed by atoms with Gasteiger partial charge in [-0.1, -0.05) is 6.07 Å². The molecule has 0 aromatic heterocycles. The van der Waals surface area contributed by atoms with E-state index < -0.39 is 0 Å². The number of nitrogens with one attached hydrogen (secondary N) is 1. The summed E-state index contributed by atoms with van der Waals surface area (Å²) in [5.41, 5.74) is 2.03. The molecule has 0 atom stereocenters. The number of guanidine groups is 1. The number of ether oxygens (including phenoxy) is 2. The minimum absolute atomic E-state index is 0. The molecule has 33 heavy (non-hydrogen) atoms. The van der Waals surface area contributed by atoms with E-state index in [4.69, 9.17) is 14.7 Å². The molecule has 3 rings (SSSR count). The fourth-order valence-corrected chi connectivity index (χ4v) is 3.71. The second-order valence-corrected chi connectivity index (χ2v) is 7.54. The number of aliphatic imine (C=N–C) groups is 1. The zero-order valence-corrected chi connectivity index (χ0v) is 21.6. The number of hydrogen-bond donors (Lipinski definition) is 1.